The largest absolute Gasteiger partial charge is 0.392 e. The quantitative estimate of drug-likeness (QED) is 0.556. The van der Waals surface area contributed by atoms with E-state index < -0.39 is 0 Å². The van der Waals surface area contributed by atoms with Gasteiger partial charge in [0.2, 0.25) is 6.54 Å². The fraction of sp³-hybridized carbons (Fsp3) is 0.333. The Morgan fingerprint density at radius 1 is 1.31 bits per heavy atom. The molecule has 4 nitrogen and oxygen atoms in total. The van der Waals surface area contributed by atoms with Crippen molar-refractivity contribution in [2.24, 2.45) is 0 Å². The lowest BCUT2D eigenvalue weighted by Gasteiger charge is -2.03. The molecule has 70 valence electrons. The number of rotatable bonds is 4. The summed E-state index contributed by atoms with van der Waals surface area (Å²) in [5.41, 5.74) is 1.62. The number of nitro groups is 1. The molecule has 0 spiro atoms. The summed E-state index contributed by atoms with van der Waals surface area (Å²) in [4.78, 5) is 9.76. The second-order valence-corrected chi connectivity index (χ2v) is 2.73. The van der Waals surface area contributed by atoms with E-state index >= 15 is 0 Å². The maximum absolute atomic E-state index is 10.1. The lowest BCUT2D eigenvalue weighted by Crippen LogP contribution is -2.05. The van der Waals surface area contributed by atoms with Gasteiger partial charge in [0.25, 0.3) is 0 Å². The van der Waals surface area contributed by atoms with Gasteiger partial charge in [-0.05, 0) is 11.1 Å². The lowest BCUT2D eigenvalue weighted by atomic mass is 10.1. The van der Waals surface area contributed by atoms with E-state index in [2.05, 4.69) is 0 Å². The molecular weight excluding hydrogens is 170 g/mol. The van der Waals surface area contributed by atoms with Crippen LogP contribution in [0.5, 0.6) is 0 Å². The first-order valence-electron chi connectivity index (χ1n) is 4.03. The summed E-state index contributed by atoms with van der Waals surface area (Å²) >= 11 is 0. The second-order valence-electron chi connectivity index (χ2n) is 2.73. The molecule has 0 bridgehead atoms. The molecule has 1 N–H and O–H groups in total. The van der Waals surface area contributed by atoms with Gasteiger partial charge in [0, 0.05) is 11.3 Å². The van der Waals surface area contributed by atoms with Crippen LogP contribution in [-0.2, 0) is 13.0 Å². The van der Waals surface area contributed by atoms with Crippen LogP contribution in [0.2, 0.25) is 0 Å². The fourth-order valence-corrected chi connectivity index (χ4v) is 1.17. The molecule has 0 heterocycles. The molecule has 0 aliphatic carbocycles. The van der Waals surface area contributed by atoms with E-state index in [1.165, 1.54) is 0 Å². The first-order valence-corrected chi connectivity index (χ1v) is 4.03. The topological polar surface area (TPSA) is 63.4 Å². The highest BCUT2D eigenvalue weighted by Crippen LogP contribution is 2.08. The minimum absolute atomic E-state index is 0.0616. The van der Waals surface area contributed by atoms with Crippen molar-refractivity contribution in [2.75, 3.05) is 6.54 Å². The van der Waals surface area contributed by atoms with Crippen molar-refractivity contribution in [3.05, 3.63) is 45.5 Å². The van der Waals surface area contributed by atoms with Gasteiger partial charge in [-0.2, -0.15) is 0 Å². The molecular formula is C9H11NO3. The van der Waals surface area contributed by atoms with Crippen molar-refractivity contribution in [1.29, 1.82) is 0 Å². The second kappa shape index (κ2) is 4.57. The fourth-order valence-electron chi connectivity index (χ4n) is 1.17. The van der Waals surface area contributed by atoms with Gasteiger partial charge in [-0.1, -0.05) is 24.3 Å². The van der Waals surface area contributed by atoms with Gasteiger partial charge in [-0.15, -0.1) is 0 Å². The van der Waals surface area contributed by atoms with E-state index in [1.807, 2.05) is 6.07 Å². The number of aliphatic hydroxyl groups is 1. The summed E-state index contributed by atoms with van der Waals surface area (Å²) in [5.74, 6) is 0. The molecule has 0 radical (unpaired) electrons. The van der Waals surface area contributed by atoms with Crippen LogP contribution in [0.3, 0.4) is 0 Å². The van der Waals surface area contributed by atoms with Crippen LogP contribution >= 0.6 is 0 Å². The number of aliphatic hydroxyl groups excluding tert-OH is 1. The van der Waals surface area contributed by atoms with E-state index in [0.29, 0.717) is 6.42 Å². The van der Waals surface area contributed by atoms with E-state index in [4.69, 9.17) is 5.11 Å². The standard InChI is InChI=1S/C9H11NO3/c11-7-9-4-2-1-3-8(9)5-6-10(12)13/h1-4,11H,5-7H2. The number of benzene rings is 1. The molecule has 0 saturated carbocycles. The number of nitrogens with zero attached hydrogens (tertiary/aromatic N) is 1. The maximum Gasteiger partial charge on any atom is 0.207 e. The van der Waals surface area contributed by atoms with Crippen molar-refractivity contribution in [3.63, 3.8) is 0 Å². The maximum atomic E-state index is 10.1. The highest BCUT2D eigenvalue weighted by Gasteiger charge is 2.03. The number of hydrogen-bond donors (Lipinski definition) is 1. The Kier molecular flexibility index (Phi) is 3.40. The zero-order chi connectivity index (χ0) is 9.68. The van der Waals surface area contributed by atoms with Crippen molar-refractivity contribution in [3.8, 4) is 0 Å². The van der Waals surface area contributed by atoms with Crippen molar-refractivity contribution < 1.29 is 10.0 Å². The molecule has 4 heteroatoms. The number of hydrogen-bond acceptors (Lipinski definition) is 3. The van der Waals surface area contributed by atoms with Crippen LogP contribution < -0.4 is 0 Å². The molecule has 0 aliphatic rings. The molecule has 0 fully saturated rings. The Labute approximate surface area is 76.0 Å². The molecule has 1 rings (SSSR count). The first-order chi connectivity index (χ1) is 6.24. The smallest absolute Gasteiger partial charge is 0.207 e. The Hall–Kier alpha value is -1.42. The van der Waals surface area contributed by atoms with Crippen LogP contribution in [0.4, 0.5) is 0 Å². The van der Waals surface area contributed by atoms with Gasteiger partial charge < -0.3 is 5.11 Å². The molecule has 0 amide bonds. The molecule has 0 aliphatic heterocycles. The first kappa shape index (κ1) is 9.67. The van der Waals surface area contributed by atoms with Crippen molar-refractivity contribution in [1.82, 2.24) is 0 Å². The van der Waals surface area contributed by atoms with Crippen molar-refractivity contribution >= 4 is 0 Å². The van der Waals surface area contributed by atoms with E-state index in [-0.39, 0.29) is 18.1 Å². The van der Waals surface area contributed by atoms with Gasteiger partial charge in [0.15, 0.2) is 0 Å². The molecule has 13 heavy (non-hydrogen) atoms. The van der Waals surface area contributed by atoms with E-state index in [9.17, 15) is 10.1 Å². The SMILES string of the molecule is O=[N+]([O-])CCc1ccccc1CO. The minimum atomic E-state index is -0.353. The molecule has 0 saturated heterocycles. The summed E-state index contributed by atoms with van der Waals surface area (Å²) in [6, 6.07) is 7.19. The van der Waals surface area contributed by atoms with Crippen LogP contribution in [0.15, 0.2) is 24.3 Å². The van der Waals surface area contributed by atoms with E-state index in [1.54, 1.807) is 18.2 Å². The average molecular weight is 181 g/mol. The summed E-state index contributed by atoms with van der Waals surface area (Å²) in [7, 11) is 0. The zero-order valence-electron chi connectivity index (χ0n) is 7.14. The van der Waals surface area contributed by atoms with Gasteiger partial charge in [-0.3, -0.25) is 10.1 Å². The van der Waals surface area contributed by atoms with Crippen LogP contribution in [-0.4, -0.2) is 16.6 Å². The van der Waals surface area contributed by atoms with Crippen LogP contribution in [0, 0.1) is 10.1 Å². The molecule has 0 atom stereocenters. The predicted octanol–water partition coefficient (Wildman–Crippen LogP) is 0.998. The third-order valence-corrected chi connectivity index (χ3v) is 1.85. The van der Waals surface area contributed by atoms with E-state index in [0.717, 1.165) is 11.1 Å². The normalized spacial score (nSPS) is 9.92. The third kappa shape index (κ3) is 2.83. The van der Waals surface area contributed by atoms with Gasteiger partial charge in [0.1, 0.15) is 0 Å². The Bertz CT molecular complexity index is 299. The van der Waals surface area contributed by atoms with Crippen LogP contribution in [0.1, 0.15) is 11.1 Å². The summed E-state index contributed by atoms with van der Waals surface area (Å²) < 4.78 is 0. The summed E-state index contributed by atoms with van der Waals surface area (Å²) in [6.07, 6.45) is 0.379. The molecule has 1 aromatic carbocycles. The van der Waals surface area contributed by atoms with Gasteiger partial charge in [0.05, 0.1) is 6.61 Å². The Morgan fingerprint density at radius 2 is 1.92 bits per heavy atom. The van der Waals surface area contributed by atoms with Gasteiger partial charge >= 0.3 is 0 Å². The predicted molar refractivity (Wildman–Crippen MR) is 47.9 cm³/mol. The minimum Gasteiger partial charge on any atom is -0.392 e. The zero-order valence-corrected chi connectivity index (χ0v) is 7.14. The average Bonchev–Trinajstić information content (AvgIpc) is 2.15. The Morgan fingerprint density at radius 3 is 2.46 bits per heavy atom. The van der Waals surface area contributed by atoms with Crippen LogP contribution in [0.25, 0.3) is 0 Å². The summed E-state index contributed by atoms with van der Waals surface area (Å²) in [6.45, 7) is -0.148. The lowest BCUT2D eigenvalue weighted by molar-refractivity contribution is -0.479. The molecule has 0 unspecified atom stereocenters. The van der Waals surface area contributed by atoms with Gasteiger partial charge in [-0.25, -0.2) is 0 Å². The third-order valence-electron chi connectivity index (χ3n) is 1.85. The highest BCUT2D eigenvalue weighted by molar-refractivity contribution is 5.26. The summed E-state index contributed by atoms with van der Waals surface area (Å²) in [5, 5.41) is 19.0. The monoisotopic (exact) mass is 181 g/mol. The highest BCUT2D eigenvalue weighted by atomic mass is 16.6. The van der Waals surface area contributed by atoms with Crippen molar-refractivity contribution in [2.45, 2.75) is 13.0 Å². The molecule has 1 aromatic rings. The Balaban J connectivity index is 2.69. The molecule has 0 aromatic heterocycles.